The molecule has 1 heterocycles. The molecule has 86 valence electrons. The number of halogens is 2. The third kappa shape index (κ3) is 2.61. The number of piperidine rings is 1. The lowest BCUT2D eigenvalue weighted by Gasteiger charge is -2.27. The third-order valence-corrected chi connectivity index (χ3v) is 3.54. The number of amides is 1. The molecule has 1 aliphatic heterocycles. The fourth-order valence-corrected chi connectivity index (χ4v) is 2.36. The van der Waals surface area contributed by atoms with E-state index < -0.39 is 0 Å². The van der Waals surface area contributed by atoms with Crippen LogP contribution in [0.1, 0.15) is 24.8 Å². The van der Waals surface area contributed by atoms with E-state index in [1.807, 2.05) is 4.90 Å². The largest absolute Gasteiger partial charge is 0.338 e. The van der Waals surface area contributed by atoms with E-state index >= 15 is 0 Å². The van der Waals surface area contributed by atoms with Gasteiger partial charge in [0.1, 0.15) is 5.82 Å². The van der Waals surface area contributed by atoms with Gasteiger partial charge >= 0.3 is 0 Å². The Bertz CT molecular complexity index is 408. The van der Waals surface area contributed by atoms with Crippen molar-refractivity contribution in [1.82, 2.24) is 4.90 Å². The fraction of sp³-hybridized carbons (Fsp3) is 0.417. The molecule has 0 spiro atoms. The van der Waals surface area contributed by atoms with Gasteiger partial charge in [0.25, 0.3) is 0 Å². The van der Waals surface area contributed by atoms with Crippen LogP contribution in [0.15, 0.2) is 22.7 Å². The molecule has 2 nitrogen and oxygen atoms in total. The van der Waals surface area contributed by atoms with Crippen molar-refractivity contribution in [2.24, 2.45) is 0 Å². The summed E-state index contributed by atoms with van der Waals surface area (Å²) < 4.78 is 13.6. The Morgan fingerprint density at radius 1 is 1.38 bits per heavy atom. The van der Waals surface area contributed by atoms with E-state index in [0.717, 1.165) is 29.4 Å². The molecule has 0 aliphatic carbocycles. The summed E-state index contributed by atoms with van der Waals surface area (Å²) >= 11 is 3.32. The molecule has 4 heteroatoms. The highest BCUT2D eigenvalue weighted by Crippen LogP contribution is 2.21. The Morgan fingerprint density at radius 2 is 2.19 bits per heavy atom. The van der Waals surface area contributed by atoms with Gasteiger partial charge in [0.2, 0.25) is 5.91 Å². The van der Waals surface area contributed by atoms with Crippen molar-refractivity contribution in [2.75, 3.05) is 6.54 Å². The van der Waals surface area contributed by atoms with E-state index in [1.54, 1.807) is 6.07 Å². The fourth-order valence-electron chi connectivity index (χ4n) is 1.88. The molecule has 0 saturated carbocycles. The van der Waals surface area contributed by atoms with E-state index in [2.05, 4.69) is 15.9 Å². The lowest BCUT2D eigenvalue weighted by molar-refractivity contribution is -0.133. The van der Waals surface area contributed by atoms with Crippen LogP contribution in [0.3, 0.4) is 0 Å². The first-order valence-electron chi connectivity index (χ1n) is 5.38. The summed E-state index contributed by atoms with van der Waals surface area (Å²) in [7, 11) is 0. The lowest BCUT2D eigenvalue weighted by Crippen LogP contribution is -2.34. The first-order chi connectivity index (χ1) is 7.66. The molecular weight excluding hydrogens is 273 g/mol. The summed E-state index contributed by atoms with van der Waals surface area (Å²) in [6, 6.07) is 4.58. The van der Waals surface area contributed by atoms with E-state index in [0.29, 0.717) is 13.0 Å². The van der Waals surface area contributed by atoms with Crippen LogP contribution >= 0.6 is 15.9 Å². The number of carbonyl (C=O) groups excluding carboxylic acids is 1. The third-order valence-electron chi connectivity index (χ3n) is 2.80. The number of nitrogens with zero attached hydrogens (tertiary/aromatic N) is 1. The predicted molar refractivity (Wildman–Crippen MR) is 63.4 cm³/mol. The highest BCUT2D eigenvalue weighted by atomic mass is 79.9. The van der Waals surface area contributed by atoms with Crippen LogP contribution in [0.4, 0.5) is 4.39 Å². The maximum absolute atomic E-state index is 12.9. The molecule has 1 saturated heterocycles. The van der Waals surface area contributed by atoms with Gasteiger partial charge < -0.3 is 4.90 Å². The highest BCUT2D eigenvalue weighted by Gasteiger charge is 2.18. The summed E-state index contributed by atoms with van der Waals surface area (Å²) in [6.45, 7) is 1.38. The number of hydrogen-bond acceptors (Lipinski definition) is 1. The van der Waals surface area contributed by atoms with Gasteiger partial charge in [-0.25, -0.2) is 4.39 Å². The second kappa shape index (κ2) is 4.95. The Balaban J connectivity index is 2.10. The SMILES string of the molecule is O=C1CCCCN1Cc1ccc(F)cc1Br. The number of benzene rings is 1. The van der Waals surface area contributed by atoms with Crippen LogP contribution in [0, 0.1) is 5.82 Å². The molecule has 0 N–H and O–H groups in total. The summed E-state index contributed by atoms with van der Waals surface area (Å²) in [5.41, 5.74) is 0.955. The van der Waals surface area contributed by atoms with Gasteiger partial charge in [0, 0.05) is 24.0 Å². The van der Waals surface area contributed by atoms with E-state index in [1.165, 1.54) is 12.1 Å². The van der Waals surface area contributed by atoms with Crippen molar-refractivity contribution in [2.45, 2.75) is 25.8 Å². The average molecular weight is 286 g/mol. The van der Waals surface area contributed by atoms with Crippen molar-refractivity contribution in [1.29, 1.82) is 0 Å². The molecule has 1 fully saturated rings. The zero-order valence-electron chi connectivity index (χ0n) is 8.88. The van der Waals surface area contributed by atoms with Gasteiger partial charge in [0.15, 0.2) is 0 Å². The molecule has 1 amide bonds. The Kier molecular flexibility index (Phi) is 3.59. The first-order valence-corrected chi connectivity index (χ1v) is 6.18. The zero-order chi connectivity index (χ0) is 11.5. The predicted octanol–water partition coefficient (Wildman–Crippen LogP) is 3.10. The Hall–Kier alpha value is -0.900. The van der Waals surface area contributed by atoms with Gasteiger partial charge in [-0.2, -0.15) is 0 Å². The highest BCUT2D eigenvalue weighted by molar-refractivity contribution is 9.10. The minimum atomic E-state index is -0.263. The first kappa shape index (κ1) is 11.6. The molecular formula is C12H13BrFNO. The second-order valence-corrected chi connectivity index (χ2v) is 4.86. The standard InChI is InChI=1S/C12H13BrFNO/c13-11-7-10(14)5-4-9(11)8-15-6-2-1-3-12(15)16/h4-5,7H,1-3,6,8H2. The molecule has 16 heavy (non-hydrogen) atoms. The van der Waals surface area contributed by atoms with Crippen LogP contribution in [-0.2, 0) is 11.3 Å². The minimum absolute atomic E-state index is 0.197. The summed E-state index contributed by atoms with van der Waals surface area (Å²) in [4.78, 5) is 13.4. The molecule has 0 radical (unpaired) electrons. The monoisotopic (exact) mass is 285 g/mol. The van der Waals surface area contributed by atoms with Crippen LogP contribution in [-0.4, -0.2) is 17.4 Å². The number of carbonyl (C=O) groups is 1. The maximum atomic E-state index is 12.9. The van der Waals surface area contributed by atoms with Crippen molar-refractivity contribution in [3.8, 4) is 0 Å². The lowest BCUT2D eigenvalue weighted by atomic mass is 10.1. The quantitative estimate of drug-likeness (QED) is 0.818. The van der Waals surface area contributed by atoms with Gasteiger partial charge in [-0.15, -0.1) is 0 Å². The topological polar surface area (TPSA) is 20.3 Å². The van der Waals surface area contributed by atoms with E-state index in [4.69, 9.17) is 0 Å². The molecule has 0 atom stereocenters. The van der Waals surface area contributed by atoms with Crippen molar-refractivity contribution >= 4 is 21.8 Å². The molecule has 1 aromatic rings. The second-order valence-electron chi connectivity index (χ2n) is 4.01. The van der Waals surface area contributed by atoms with Gasteiger partial charge in [-0.3, -0.25) is 4.79 Å². The van der Waals surface area contributed by atoms with E-state index in [9.17, 15) is 9.18 Å². The van der Waals surface area contributed by atoms with Crippen LogP contribution < -0.4 is 0 Å². The average Bonchev–Trinajstić information content (AvgIpc) is 2.25. The maximum Gasteiger partial charge on any atom is 0.222 e. The molecule has 2 rings (SSSR count). The van der Waals surface area contributed by atoms with Crippen molar-refractivity contribution in [3.63, 3.8) is 0 Å². The number of hydrogen-bond donors (Lipinski definition) is 0. The van der Waals surface area contributed by atoms with Crippen LogP contribution in [0.2, 0.25) is 0 Å². The summed E-state index contributed by atoms with van der Waals surface area (Å²) in [6.07, 6.45) is 2.68. The normalized spacial score (nSPS) is 16.6. The van der Waals surface area contributed by atoms with Gasteiger partial charge in [-0.05, 0) is 30.5 Å². The molecule has 0 unspecified atom stereocenters. The number of rotatable bonds is 2. The Morgan fingerprint density at radius 3 is 2.88 bits per heavy atom. The zero-order valence-corrected chi connectivity index (χ0v) is 10.5. The molecule has 0 bridgehead atoms. The van der Waals surface area contributed by atoms with Crippen LogP contribution in [0.25, 0.3) is 0 Å². The van der Waals surface area contributed by atoms with Gasteiger partial charge in [-0.1, -0.05) is 22.0 Å². The number of likely N-dealkylation sites (tertiary alicyclic amines) is 1. The molecule has 1 aromatic carbocycles. The summed E-state index contributed by atoms with van der Waals surface area (Å²) in [5.74, 6) is -0.0666. The van der Waals surface area contributed by atoms with Crippen molar-refractivity contribution in [3.05, 3.63) is 34.1 Å². The van der Waals surface area contributed by atoms with Crippen molar-refractivity contribution < 1.29 is 9.18 Å². The smallest absolute Gasteiger partial charge is 0.222 e. The molecule has 0 aromatic heterocycles. The van der Waals surface area contributed by atoms with E-state index in [-0.39, 0.29) is 11.7 Å². The Labute approximate surface area is 103 Å². The van der Waals surface area contributed by atoms with Crippen LogP contribution in [0.5, 0.6) is 0 Å². The minimum Gasteiger partial charge on any atom is -0.338 e. The van der Waals surface area contributed by atoms with Gasteiger partial charge in [0.05, 0.1) is 0 Å². The summed E-state index contributed by atoms with van der Waals surface area (Å²) in [5, 5.41) is 0. The molecule has 1 aliphatic rings.